The molecule has 0 saturated heterocycles. The molecular formula is C14H20N4S. The third kappa shape index (κ3) is 2.16. The molecule has 2 heterocycles. The number of hydrogen-bond donors (Lipinski definition) is 1. The maximum absolute atomic E-state index is 6.17. The van der Waals surface area contributed by atoms with Gasteiger partial charge in [-0.2, -0.15) is 0 Å². The third-order valence-corrected chi connectivity index (χ3v) is 5.14. The van der Waals surface area contributed by atoms with Crippen molar-refractivity contribution in [1.29, 1.82) is 0 Å². The van der Waals surface area contributed by atoms with Gasteiger partial charge in [0.05, 0.1) is 10.6 Å². The summed E-state index contributed by atoms with van der Waals surface area (Å²) < 4.78 is 2.31. The zero-order valence-corrected chi connectivity index (χ0v) is 12.3. The molecule has 1 fully saturated rings. The van der Waals surface area contributed by atoms with E-state index in [1.807, 2.05) is 13.8 Å². The lowest BCUT2D eigenvalue weighted by Gasteiger charge is -2.25. The largest absolute Gasteiger partial charge is 0.397 e. The lowest BCUT2D eigenvalue weighted by atomic mass is 9.95. The quantitative estimate of drug-likeness (QED) is 0.909. The fourth-order valence-corrected chi connectivity index (χ4v) is 3.88. The van der Waals surface area contributed by atoms with Crippen LogP contribution in [0.1, 0.15) is 49.5 Å². The van der Waals surface area contributed by atoms with Crippen LogP contribution in [0.4, 0.5) is 5.69 Å². The van der Waals surface area contributed by atoms with Crippen LogP contribution in [0.15, 0.2) is 5.38 Å². The average molecular weight is 276 g/mol. The van der Waals surface area contributed by atoms with Gasteiger partial charge in [0.2, 0.25) is 0 Å². The Morgan fingerprint density at radius 2 is 1.95 bits per heavy atom. The van der Waals surface area contributed by atoms with E-state index in [4.69, 9.17) is 5.73 Å². The highest BCUT2D eigenvalue weighted by atomic mass is 32.1. The minimum atomic E-state index is 0.542. The smallest absolute Gasteiger partial charge is 0.176 e. The SMILES string of the molecule is Cc1csc(-c2nnc(C)n2C2CCCCC2)c1N. The van der Waals surface area contributed by atoms with Crippen molar-refractivity contribution in [3.63, 3.8) is 0 Å². The van der Waals surface area contributed by atoms with Gasteiger partial charge >= 0.3 is 0 Å². The monoisotopic (exact) mass is 276 g/mol. The minimum absolute atomic E-state index is 0.542. The van der Waals surface area contributed by atoms with Gasteiger partial charge in [-0.25, -0.2) is 0 Å². The molecule has 1 aliphatic carbocycles. The minimum Gasteiger partial charge on any atom is -0.397 e. The molecule has 19 heavy (non-hydrogen) atoms. The van der Waals surface area contributed by atoms with E-state index in [0.717, 1.165) is 27.8 Å². The van der Waals surface area contributed by atoms with Gasteiger partial charge in [-0.15, -0.1) is 21.5 Å². The van der Waals surface area contributed by atoms with E-state index in [2.05, 4.69) is 20.1 Å². The molecule has 0 aliphatic heterocycles. The molecule has 1 saturated carbocycles. The fraction of sp³-hybridized carbons (Fsp3) is 0.571. The molecule has 0 aromatic carbocycles. The molecule has 5 heteroatoms. The molecular weight excluding hydrogens is 256 g/mol. The summed E-state index contributed by atoms with van der Waals surface area (Å²) in [5.74, 6) is 1.97. The van der Waals surface area contributed by atoms with E-state index < -0.39 is 0 Å². The lowest BCUT2D eigenvalue weighted by Crippen LogP contribution is -2.15. The van der Waals surface area contributed by atoms with Crippen LogP contribution >= 0.6 is 11.3 Å². The van der Waals surface area contributed by atoms with Crippen molar-refractivity contribution < 1.29 is 0 Å². The molecule has 2 N–H and O–H groups in total. The summed E-state index contributed by atoms with van der Waals surface area (Å²) in [6, 6.07) is 0.542. The van der Waals surface area contributed by atoms with E-state index in [1.165, 1.54) is 32.1 Å². The first-order valence-electron chi connectivity index (χ1n) is 6.94. The lowest BCUT2D eigenvalue weighted by molar-refractivity contribution is 0.350. The highest BCUT2D eigenvalue weighted by Crippen LogP contribution is 2.38. The highest BCUT2D eigenvalue weighted by Gasteiger charge is 2.23. The second-order valence-electron chi connectivity index (χ2n) is 5.39. The first kappa shape index (κ1) is 12.7. The van der Waals surface area contributed by atoms with E-state index in [0.29, 0.717) is 6.04 Å². The van der Waals surface area contributed by atoms with Crippen LogP contribution in [0.3, 0.4) is 0 Å². The molecule has 3 rings (SSSR count). The maximum Gasteiger partial charge on any atom is 0.176 e. The van der Waals surface area contributed by atoms with Crippen molar-refractivity contribution in [3.05, 3.63) is 16.8 Å². The van der Waals surface area contributed by atoms with Crippen molar-refractivity contribution in [2.24, 2.45) is 0 Å². The topological polar surface area (TPSA) is 56.7 Å². The number of hydrogen-bond acceptors (Lipinski definition) is 4. The summed E-state index contributed by atoms with van der Waals surface area (Å²) in [7, 11) is 0. The highest BCUT2D eigenvalue weighted by molar-refractivity contribution is 7.14. The number of thiophene rings is 1. The molecule has 2 aromatic rings. The van der Waals surface area contributed by atoms with Crippen LogP contribution in [-0.4, -0.2) is 14.8 Å². The van der Waals surface area contributed by atoms with Gasteiger partial charge in [-0.05, 0) is 37.6 Å². The molecule has 2 aromatic heterocycles. The van der Waals surface area contributed by atoms with Crippen LogP contribution in [0.25, 0.3) is 10.7 Å². The second kappa shape index (κ2) is 4.96. The number of aryl methyl sites for hydroxylation is 2. The Morgan fingerprint density at radius 1 is 1.21 bits per heavy atom. The van der Waals surface area contributed by atoms with Crippen molar-refractivity contribution in [3.8, 4) is 10.7 Å². The number of nitrogens with two attached hydrogens (primary N) is 1. The van der Waals surface area contributed by atoms with E-state index in [-0.39, 0.29) is 0 Å². The Morgan fingerprint density at radius 3 is 2.58 bits per heavy atom. The third-order valence-electron chi connectivity index (χ3n) is 4.03. The molecule has 0 atom stereocenters. The van der Waals surface area contributed by atoms with Crippen molar-refractivity contribution in [2.45, 2.75) is 52.0 Å². The zero-order chi connectivity index (χ0) is 13.4. The van der Waals surface area contributed by atoms with E-state index >= 15 is 0 Å². The number of nitrogen functional groups attached to an aromatic ring is 1. The summed E-state index contributed by atoms with van der Waals surface area (Å²) in [4.78, 5) is 1.07. The fourth-order valence-electron chi connectivity index (χ4n) is 2.93. The normalized spacial score (nSPS) is 16.9. The first-order chi connectivity index (χ1) is 9.18. The van der Waals surface area contributed by atoms with Crippen molar-refractivity contribution >= 4 is 17.0 Å². The first-order valence-corrected chi connectivity index (χ1v) is 7.82. The number of rotatable bonds is 2. The van der Waals surface area contributed by atoms with Gasteiger partial charge < -0.3 is 10.3 Å². The van der Waals surface area contributed by atoms with Gasteiger partial charge in [0.15, 0.2) is 5.82 Å². The summed E-state index contributed by atoms with van der Waals surface area (Å²) in [5.41, 5.74) is 8.16. The van der Waals surface area contributed by atoms with Gasteiger partial charge in [0, 0.05) is 6.04 Å². The maximum atomic E-state index is 6.17. The van der Waals surface area contributed by atoms with Crippen LogP contribution in [-0.2, 0) is 0 Å². The molecule has 0 amide bonds. The van der Waals surface area contributed by atoms with E-state index in [9.17, 15) is 0 Å². The Hall–Kier alpha value is -1.36. The Bertz CT molecular complexity index is 578. The van der Waals surface area contributed by atoms with Crippen molar-refractivity contribution in [2.75, 3.05) is 5.73 Å². The van der Waals surface area contributed by atoms with Gasteiger partial charge in [0.1, 0.15) is 5.82 Å². The van der Waals surface area contributed by atoms with Gasteiger partial charge in [-0.3, -0.25) is 0 Å². The number of aromatic nitrogens is 3. The molecule has 0 radical (unpaired) electrons. The molecule has 102 valence electrons. The summed E-state index contributed by atoms with van der Waals surface area (Å²) in [6.45, 7) is 4.09. The predicted molar refractivity (Wildman–Crippen MR) is 79.3 cm³/mol. The Kier molecular flexibility index (Phi) is 3.31. The van der Waals surface area contributed by atoms with Gasteiger partial charge in [-0.1, -0.05) is 19.3 Å². The predicted octanol–water partition coefficient (Wildman–Crippen LogP) is 3.71. The second-order valence-corrected chi connectivity index (χ2v) is 6.27. The zero-order valence-electron chi connectivity index (χ0n) is 11.5. The summed E-state index contributed by atoms with van der Waals surface area (Å²) in [5, 5.41) is 10.8. The molecule has 0 unspecified atom stereocenters. The molecule has 4 nitrogen and oxygen atoms in total. The van der Waals surface area contributed by atoms with E-state index in [1.54, 1.807) is 11.3 Å². The Labute approximate surface area is 117 Å². The van der Waals surface area contributed by atoms with Crippen molar-refractivity contribution in [1.82, 2.24) is 14.8 Å². The molecule has 1 aliphatic rings. The van der Waals surface area contributed by atoms with Crippen LogP contribution in [0, 0.1) is 13.8 Å². The number of nitrogens with zero attached hydrogens (tertiary/aromatic N) is 3. The Balaban J connectivity index is 2.05. The molecule has 0 bridgehead atoms. The van der Waals surface area contributed by atoms with Crippen LogP contribution < -0.4 is 5.73 Å². The van der Waals surface area contributed by atoms with Crippen LogP contribution in [0.2, 0.25) is 0 Å². The number of anilines is 1. The summed E-state index contributed by atoms with van der Waals surface area (Å²) in [6.07, 6.45) is 6.43. The standard InChI is InChI=1S/C14H20N4S/c1-9-8-19-13(12(9)15)14-17-16-10(2)18(14)11-6-4-3-5-7-11/h8,11H,3-7,15H2,1-2H3. The summed E-state index contributed by atoms with van der Waals surface area (Å²) >= 11 is 1.67. The van der Waals surface area contributed by atoms with Gasteiger partial charge in [0.25, 0.3) is 0 Å². The van der Waals surface area contributed by atoms with Crippen LogP contribution in [0.5, 0.6) is 0 Å². The average Bonchev–Trinajstić information content (AvgIpc) is 2.95. The molecule has 0 spiro atoms.